The average molecular weight is 340 g/mol. The first kappa shape index (κ1) is 17.7. The monoisotopic (exact) mass is 340 g/mol. The van der Waals surface area contributed by atoms with Crippen molar-refractivity contribution in [1.82, 2.24) is 5.32 Å². The molecule has 3 rings (SSSR count). The van der Waals surface area contributed by atoms with Crippen LogP contribution in [0.25, 0.3) is 0 Å². The molecule has 0 unspecified atom stereocenters. The summed E-state index contributed by atoms with van der Waals surface area (Å²) in [6.07, 6.45) is 9.68. The fourth-order valence-corrected chi connectivity index (χ4v) is 3.68. The maximum Gasteiger partial charge on any atom is 0.291 e. The minimum absolute atomic E-state index is 0.215. The fourth-order valence-electron chi connectivity index (χ4n) is 3.68. The largest absolute Gasteiger partial charge is 0.459 e. The smallest absolute Gasteiger partial charge is 0.291 e. The van der Waals surface area contributed by atoms with Crippen molar-refractivity contribution in [2.75, 3.05) is 5.32 Å². The molecule has 0 saturated heterocycles. The molecule has 0 spiro atoms. The Morgan fingerprint density at radius 1 is 1.16 bits per heavy atom. The standard InChI is InChI=1S/C21H28N2O2/c1-16(14-17-8-3-2-4-9-17)22-15-18-10-5-6-11-19(18)23-21(24)20-12-7-13-25-20/h5-7,10-13,16-17,22H,2-4,8-9,14-15H2,1H3,(H,23,24)/t16-/m0/s1. The van der Waals surface area contributed by atoms with Gasteiger partial charge in [-0.2, -0.15) is 0 Å². The number of amides is 1. The molecule has 1 amide bonds. The van der Waals surface area contributed by atoms with Crippen LogP contribution in [0.4, 0.5) is 5.69 Å². The van der Waals surface area contributed by atoms with Crippen LogP contribution in [0.1, 0.15) is 61.6 Å². The summed E-state index contributed by atoms with van der Waals surface area (Å²) in [6, 6.07) is 11.8. The van der Waals surface area contributed by atoms with Gasteiger partial charge < -0.3 is 15.1 Å². The molecule has 0 radical (unpaired) electrons. The molecule has 1 atom stereocenters. The molecule has 1 fully saturated rings. The summed E-state index contributed by atoms with van der Waals surface area (Å²) >= 11 is 0. The van der Waals surface area contributed by atoms with Gasteiger partial charge in [-0.3, -0.25) is 4.79 Å². The van der Waals surface area contributed by atoms with Crippen molar-refractivity contribution in [3.05, 3.63) is 54.0 Å². The Morgan fingerprint density at radius 3 is 2.72 bits per heavy atom. The maximum absolute atomic E-state index is 12.2. The molecule has 1 aliphatic carbocycles. The molecule has 0 bridgehead atoms. The first-order valence-electron chi connectivity index (χ1n) is 9.38. The van der Waals surface area contributed by atoms with Crippen LogP contribution in [0.5, 0.6) is 0 Å². The quantitative estimate of drug-likeness (QED) is 0.747. The van der Waals surface area contributed by atoms with Crippen molar-refractivity contribution in [3.63, 3.8) is 0 Å². The van der Waals surface area contributed by atoms with Crippen LogP contribution < -0.4 is 10.6 Å². The van der Waals surface area contributed by atoms with Crippen molar-refractivity contribution in [2.45, 2.75) is 58.0 Å². The number of hydrogen-bond donors (Lipinski definition) is 2. The number of furan rings is 1. The second kappa shape index (κ2) is 8.86. The molecular weight excluding hydrogens is 312 g/mol. The predicted molar refractivity (Wildman–Crippen MR) is 101 cm³/mol. The van der Waals surface area contributed by atoms with Crippen molar-refractivity contribution < 1.29 is 9.21 Å². The van der Waals surface area contributed by atoms with E-state index in [4.69, 9.17) is 4.42 Å². The Kier molecular flexibility index (Phi) is 6.29. The van der Waals surface area contributed by atoms with Crippen LogP contribution in [0.15, 0.2) is 47.1 Å². The summed E-state index contributed by atoms with van der Waals surface area (Å²) in [5, 5.41) is 6.57. The lowest BCUT2D eigenvalue weighted by molar-refractivity contribution is 0.0996. The number of para-hydroxylation sites is 1. The van der Waals surface area contributed by atoms with E-state index < -0.39 is 0 Å². The Bertz CT molecular complexity index is 660. The van der Waals surface area contributed by atoms with Gasteiger partial charge in [0.15, 0.2) is 5.76 Å². The first-order valence-corrected chi connectivity index (χ1v) is 9.38. The summed E-state index contributed by atoms with van der Waals surface area (Å²) in [6.45, 7) is 3.02. The Hall–Kier alpha value is -2.07. The molecule has 1 aromatic carbocycles. The molecule has 4 nitrogen and oxygen atoms in total. The van der Waals surface area contributed by atoms with Gasteiger partial charge in [-0.1, -0.05) is 50.3 Å². The Balaban J connectivity index is 1.54. The summed E-state index contributed by atoms with van der Waals surface area (Å²) in [5.41, 5.74) is 1.93. The summed E-state index contributed by atoms with van der Waals surface area (Å²) in [5.74, 6) is 0.978. The van der Waals surface area contributed by atoms with Gasteiger partial charge >= 0.3 is 0 Å². The van der Waals surface area contributed by atoms with E-state index in [0.29, 0.717) is 11.8 Å². The van der Waals surface area contributed by atoms with Gasteiger partial charge in [0.05, 0.1) is 6.26 Å². The minimum atomic E-state index is -0.215. The molecule has 134 valence electrons. The van der Waals surface area contributed by atoms with Gasteiger partial charge in [-0.25, -0.2) is 0 Å². The number of hydrogen-bond acceptors (Lipinski definition) is 3. The highest BCUT2D eigenvalue weighted by molar-refractivity contribution is 6.02. The lowest BCUT2D eigenvalue weighted by Gasteiger charge is -2.25. The van der Waals surface area contributed by atoms with E-state index in [9.17, 15) is 4.79 Å². The van der Waals surface area contributed by atoms with E-state index in [-0.39, 0.29) is 5.91 Å². The molecule has 4 heteroatoms. The Labute approximate surface area is 150 Å². The molecule has 25 heavy (non-hydrogen) atoms. The second-order valence-electron chi connectivity index (χ2n) is 7.11. The minimum Gasteiger partial charge on any atom is -0.459 e. The van der Waals surface area contributed by atoms with Crippen molar-refractivity contribution >= 4 is 11.6 Å². The van der Waals surface area contributed by atoms with Crippen LogP contribution in [0.2, 0.25) is 0 Å². The maximum atomic E-state index is 12.2. The molecule has 1 aliphatic rings. The van der Waals surface area contributed by atoms with Crippen molar-refractivity contribution in [2.24, 2.45) is 5.92 Å². The predicted octanol–water partition coefficient (Wildman–Crippen LogP) is 4.98. The van der Waals surface area contributed by atoms with Crippen LogP contribution in [0, 0.1) is 5.92 Å². The van der Waals surface area contributed by atoms with E-state index in [0.717, 1.165) is 23.7 Å². The molecule has 1 aromatic heterocycles. The average Bonchev–Trinajstić information content (AvgIpc) is 3.17. The van der Waals surface area contributed by atoms with Gasteiger partial charge in [0.1, 0.15) is 0 Å². The lowest BCUT2D eigenvalue weighted by Crippen LogP contribution is -2.29. The van der Waals surface area contributed by atoms with Crippen LogP contribution in [0.3, 0.4) is 0 Å². The number of carbonyl (C=O) groups excluding carboxylic acids is 1. The lowest BCUT2D eigenvalue weighted by atomic mass is 9.85. The molecule has 2 aromatic rings. The normalized spacial score (nSPS) is 16.5. The number of carbonyl (C=O) groups is 1. The van der Waals surface area contributed by atoms with Crippen LogP contribution >= 0.6 is 0 Å². The number of rotatable bonds is 7. The van der Waals surface area contributed by atoms with Gasteiger partial charge in [-0.15, -0.1) is 0 Å². The molecule has 1 saturated carbocycles. The van der Waals surface area contributed by atoms with E-state index in [1.54, 1.807) is 12.1 Å². The van der Waals surface area contributed by atoms with Crippen LogP contribution in [-0.4, -0.2) is 11.9 Å². The second-order valence-corrected chi connectivity index (χ2v) is 7.11. The topological polar surface area (TPSA) is 54.3 Å². The van der Waals surface area contributed by atoms with E-state index in [1.807, 2.05) is 18.2 Å². The summed E-state index contributed by atoms with van der Waals surface area (Å²) < 4.78 is 5.16. The zero-order valence-electron chi connectivity index (χ0n) is 15.0. The Morgan fingerprint density at radius 2 is 1.96 bits per heavy atom. The zero-order chi connectivity index (χ0) is 17.5. The molecule has 1 heterocycles. The van der Waals surface area contributed by atoms with E-state index >= 15 is 0 Å². The summed E-state index contributed by atoms with van der Waals surface area (Å²) in [4.78, 5) is 12.2. The fraction of sp³-hybridized carbons (Fsp3) is 0.476. The molecule has 0 aliphatic heterocycles. The third kappa shape index (κ3) is 5.20. The van der Waals surface area contributed by atoms with E-state index in [2.05, 4.69) is 23.6 Å². The number of anilines is 1. The van der Waals surface area contributed by atoms with Crippen molar-refractivity contribution in [1.29, 1.82) is 0 Å². The summed E-state index contributed by atoms with van der Waals surface area (Å²) in [7, 11) is 0. The highest BCUT2D eigenvalue weighted by Crippen LogP contribution is 2.27. The van der Waals surface area contributed by atoms with Gasteiger partial charge in [0.25, 0.3) is 5.91 Å². The van der Waals surface area contributed by atoms with Gasteiger partial charge in [0.2, 0.25) is 0 Å². The zero-order valence-corrected chi connectivity index (χ0v) is 15.0. The molecule has 2 N–H and O–H groups in total. The highest BCUT2D eigenvalue weighted by Gasteiger charge is 2.17. The van der Waals surface area contributed by atoms with E-state index in [1.165, 1.54) is 44.8 Å². The number of nitrogens with one attached hydrogen (secondary N) is 2. The van der Waals surface area contributed by atoms with Crippen molar-refractivity contribution in [3.8, 4) is 0 Å². The number of benzene rings is 1. The van der Waals surface area contributed by atoms with Gasteiger partial charge in [-0.05, 0) is 43.0 Å². The highest BCUT2D eigenvalue weighted by atomic mass is 16.3. The first-order chi connectivity index (χ1) is 12.2. The third-order valence-electron chi connectivity index (χ3n) is 5.06. The van der Waals surface area contributed by atoms with Gasteiger partial charge in [0, 0.05) is 18.3 Å². The SMILES string of the molecule is C[C@@H](CC1CCCCC1)NCc1ccccc1NC(=O)c1ccco1. The van der Waals surface area contributed by atoms with Crippen LogP contribution in [-0.2, 0) is 6.54 Å². The third-order valence-corrected chi connectivity index (χ3v) is 5.06. The molecular formula is C21H28N2O2.